The largest absolute Gasteiger partial charge is 0.463 e. The van der Waals surface area contributed by atoms with Gasteiger partial charge in [-0.2, -0.15) is 15.0 Å². The second-order valence-corrected chi connectivity index (χ2v) is 4.17. The summed E-state index contributed by atoms with van der Waals surface area (Å²) < 4.78 is 5.37. The summed E-state index contributed by atoms with van der Waals surface area (Å²) in [6, 6.07) is 0.166. The van der Waals surface area contributed by atoms with Gasteiger partial charge in [-0.3, -0.25) is 14.9 Å². The molecule has 1 saturated heterocycles. The third kappa shape index (κ3) is 3.31. The highest BCUT2D eigenvalue weighted by Gasteiger charge is 2.25. The average molecular weight is 280 g/mol. The molecule has 1 fully saturated rings. The van der Waals surface area contributed by atoms with Gasteiger partial charge in [-0.15, -0.1) is 0 Å². The Labute approximate surface area is 115 Å². The van der Waals surface area contributed by atoms with Gasteiger partial charge in [-0.1, -0.05) is 6.92 Å². The minimum absolute atomic E-state index is 0.0200. The predicted octanol–water partition coefficient (Wildman–Crippen LogP) is -0.835. The highest BCUT2D eigenvalue weighted by Crippen LogP contribution is 2.15. The summed E-state index contributed by atoms with van der Waals surface area (Å²) in [6.07, 6.45) is 0.820. The van der Waals surface area contributed by atoms with Gasteiger partial charge in [0, 0.05) is 7.05 Å². The number of imide groups is 1. The minimum atomic E-state index is -0.385. The first-order valence-electron chi connectivity index (χ1n) is 6.26. The minimum Gasteiger partial charge on any atom is -0.463 e. The number of ether oxygens (including phenoxy) is 1. The molecule has 9 heteroatoms. The van der Waals surface area contributed by atoms with Gasteiger partial charge in [-0.05, 0) is 6.42 Å². The Balaban J connectivity index is 2.25. The molecule has 1 aromatic heterocycles. The van der Waals surface area contributed by atoms with E-state index in [2.05, 4.69) is 25.6 Å². The standard InChI is InChI=1S/C11H16N6O3/c1-3-4-20-11-15-9(12-2)14-10(16-11)17-5-7(18)13-8(19)6-17/h3-6H2,1-2H3,(H,13,18,19)(H,12,14,15,16). The Hall–Kier alpha value is -2.45. The van der Waals surface area contributed by atoms with Crippen LogP contribution in [0.4, 0.5) is 11.9 Å². The van der Waals surface area contributed by atoms with Crippen LogP contribution in [-0.2, 0) is 9.59 Å². The average Bonchev–Trinajstić information content (AvgIpc) is 2.43. The number of hydrogen-bond acceptors (Lipinski definition) is 8. The Kier molecular flexibility index (Phi) is 4.28. The molecule has 0 atom stereocenters. The first kappa shape index (κ1) is 14.0. The van der Waals surface area contributed by atoms with Crippen LogP contribution in [0, 0.1) is 0 Å². The molecule has 1 aromatic rings. The van der Waals surface area contributed by atoms with Gasteiger partial charge in [0.2, 0.25) is 23.7 Å². The van der Waals surface area contributed by atoms with Crippen molar-refractivity contribution in [1.82, 2.24) is 20.3 Å². The molecule has 20 heavy (non-hydrogen) atoms. The number of carbonyl (C=O) groups excluding carboxylic acids is 2. The normalized spacial score (nSPS) is 15.0. The highest BCUT2D eigenvalue weighted by atomic mass is 16.5. The number of hydrogen-bond donors (Lipinski definition) is 2. The lowest BCUT2D eigenvalue weighted by Crippen LogP contribution is -2.52. The fraction of sp³-hybridized carbons (Fsp3) is 0.545. The maximum absolute atomic E-state index is 11.4. The predicted molar refractivity (Wildman–Crippen MR) is 70.5 cm³/mol. The second-order valence-electron chi connectivity index (χ2n) is 4.17. The van der Waals surface area contributed by atoms with Crippen LogP contribution in [0.15, 0.2) is 0 Å². The first-order chi connectivity index (χ1) is 9.62. The monoisotopic (exact) mass is 280 g/mol. The molecule has 0 aromatic carbocycles. The summed E-state index contributed by atoms with van der Waals surface area (Å²) >= 11 is 0. The van der Waals surface area contributed by atoms with Crippen molar-refractivity contribution in [2.45, 2.75) is 13.3 Å². The summed E-state index contributed by atoms with van der Waals surface area (Å²) in [5.41, 5.74) is 0. The van der Waals surface area contributed by atoms with E-state index in [1.165, 1.54) is 4.90 Å². The van der Waals surface area contributed by atoms with Crippen LogP contribution >= 0.6 is 0 Å². The molecule has 2 heterocycles. The zero-order chi connectivity index (χ0) is 14.5. The Morgan fingerprint density at radius 3 is 2.55 bits per heavy atom. The smallest absolute Gasteiger partial charge is 0.323 e. The van der Waals surface area contributed by atoms with Gasteiger partial charge in [0.05, 0.1) is 6.61 Å². The molecule has 0 saturated carbocycles. The lowest BCUT2D eigenvalue weighted by Gasteiger charge is -2.25. The SMILES string of the molecule is CCCOc1nc(NC)nc(N2CC(=O)NC(=O)C2)n1. The molecule has 2 amide bonds. The van der Waals surface area contributed by atoms with E-state index in [0.29, 0.717) is 12.6 Å². The molecule has 1 aliphatic rings. The van der Waals surface area contributed by atoms with Gasteiger partial charge in [-0.25, -0.2) is 0 Å². The van der Waals surface area contributed by atoms with E-state index < -0.39 is 0 Å². The van der Waals surface area contributed by atoms with Crippen molar-refractivity contribution in [3.8, 4) is 6.01 Å². The van der Waals surface area contributed by atoms with E-state index in [1.807, 2.05) is 6.92 Å². The third-order valence-electron chi connectivity index (χ3n) is 2.49. The van der Waals surface area contributed by atoms with Crippen LogP contribution in [-0.4, -0.2) is 53.5 Å². The Morgan fingerprint density at radius 1 is 1.25 bits per heavy atom. The van der Waals surface area contributed by atoms with Gasteiger partial charge in [0.1, 0.15) is 13.1 Å². The third-order valence-corrected chi connectivity index (χ3v) is 2.49. The van der Waals surface area contributed by atoms with Crippen LogP contribution in [0.2, 0.25) is 0 Å². The topological polar surface area (TPSA) is 109 Å². The van der Waals surface area contributed by atoms with E-state index in [0.717, 1.165) is 6.42 Å². The van der Waals surface area contributed by atoms with Gasteiger partial charge < -0.3 is 15.0 Å². The number of amides is 2. The maximum Gasteiger partial charge on any atom is 0.323 e. The molecule has 108 valence electrons. The molecule has 1 aliphatic heterocycles. The number of aromatic nitrogens is 3. The molecule has 2 N–H and O–H groups in total. The molecule has 9 nitrogen and oxygen atoms in total. The number of anilines is 2. The quantitative estimate of drug-likeness (QED) is 0.672. The van der Waals surface area contributed by atoms with E-state index in [9.17, 15) is 9.59 Å². The zero-order valence-corrected chi connectivity index (χ0v) is 11.3. The van der Waals surface area contributed by atoms with E-state index >= 15 is 0 Å². The number of carbonyl (C=O) groups is 2. The number of nitrogens with zero attached hydrogens (tertiary/aromatic N) is 4. The highest BCUT2D eigenvalue weighted by molar-refractivity contribution is 6.02. The summed E-state index contributed by atoms with van der Waals surface area (Å²) in [5, 5.41) is 5.01. The molecular formula is C11H16N6O3. The summed E-state index contributed by atoms with van der Waals surface area (Å²) in [6.45, 7) is 2.49. The summed E-state index contributed by atoms with van der Waals surface area (Å²) in [4.78, 5) is 36.5. The van der Waals surface area contributed by atoms with Gasteiger partial charge in [0.25, 0.3) is 0 Å². The second kappa shape index (κ2) is 6.13. The van der Waals surface area contributed by atoms with Crippen LogP contribution in [0.25, 0.3) is 0 Å². The van der Waals surface area contributed by atoms with E-state index in [4.69, 9.17) is 4.74 Å². The molecule has 0 unspecified atom stereocenters. The Morgan fingerprint density at radius 2 is 1.95 bits per heavy atom. The lowest BCUT2D eigenvalue weighted by atomic mass is 10.3. The van der Waals surface area contributed by atoms with Gasteiger partial charge >= 0.3 is 6.01 Å². The summed E-state index contributed by atoms with van der Waals surface area (Å²) in [7, 11) is 1.66. The van der Waals surface area contributed by atoms with Crippen LogP contribution in [0.1, 0.15) is 13.3 Å². The fourth-order valence-corrected chi connectivity index (χ4v) is 1.64. The number of nitrogens with one attached hydrogen (secondary N) is 2. The van der Waals surface area contributed by atoms with Gasteiger partial charge in [0.15, 0.2) is 0 Å². The number of piperazine rings is 1. The fourth-order valence-electron chi connectivity index (χ4n) is 1.64. The zero-order valence-electron chi connectivity index (χ0n) is 11.3. The van der Waals surface area contributed by atoms with Crippen molar-refractivity contribution in [3.63, 3.8) is 0 Å². The molecule has 0 bridgehead atoms. The molecule has 0 radical (unpaired) electrons. The maximum atomic E-state index is 11.4. The lowest BCUT2D eigenvalue weighted by molar-refractivity contribution is -0.130. The van der Waals surface area contributed by atoms with E-state index in [-0.39, 0.29) is 36.9 Å². The summed E-state index contributed by atoms with van der Waals surface area (Å²) in [5.74, 6) is -0.217. The Bertz CT molecular complexity index is 505. The van der Waals surface area contributed by atoms with Crippen LogP contribution in [0.5, 0.6) is 6.01 Å². The molecule has 0 spiro atoms. The van der Waals surface area contributed by atoms with Crippen LogP contribution < -0.4 is 20.3 Å². The number of rotatable bonds is 5. The molecule has 2 rings (SSSR count). The molecular weight excluding hydrogens is 264 g/mol. The van der Waals surface area contributed by atoms with Crippen molar-refractivity contribution < 1.29 is 14.3 Å². The first-order valence-corrected chi connectivity index (χ1v) is 6.26. The molecule has 0 aliphatic carbocycles. The van der Waals surface area contributed by atoms with Crippen molar-refractivity contribution in [1.29, 1.82) is 0 Å². The van der Waals surface area contributed by atoms with Crippen molar-refractivity contribution in [2.24, 2.45) is 0 Å². The van der Waals surface area contributed by atoms with E-state index in [1.54, 1.807) is 7.05 Å². The van der Waals surface area contributed by atoms with Crippen molar-refractivity contribution in [3.05, 3.63) is 0 Å². The van der Waals surface area contributed by atoms with Crippen molar-refractivity contribution in [2.75, 3.05) is 37.0 Å². The van der Waals surface area contributed by atoms with Crippen LogP contribution in [0.3, 0.4) is 0 Å². The van der Waals surface area contributed by atoms with Crippen molar-refractivity contribution >= 4 is 23.7 Å².